The Balaban J connectivity index is 1.70. The molecule has 1 aromatic heterocycles. The van der Waals surface area contributed by atoms with Gasteiger partial charge in [0.05, 0.1) is 16.3 Å². The zero-order valence-electron chi connectivity index (χ0n) is 15.8. The largest absolute Gasteiger partial charge is 0.443 e. The average Bonchev–Trinajstić information content (AvgIpc) is 3.14. The van der Waals surface area contributed by atoms with Crippen molar-refractivity contribution in [3.8, 4) is 0 Å². The van der Waals surface area contributed by atoms with E-state index in [9.17, 15) is 16.8 Å². The van der Waals surface area contributed by atoms with E-state index in [-0.39, 0.29) is 36.4 Å². The van der Waals surface area contributed by atoms with E-state index in [4.69, 9.17) is 39.2 Å². The number of halogens is 3. The first-order valence-corrected chi connectivity index (χ1v) is 12.9. The first-order valence-electron chi connectivity index (χ1n) is 8.83. The number of para-hydroxylation sites is 1. The molecule has 4 rings (SSSR count). The normalized spacial score (nSPS) is 12.1. The number of anilines is 2. The first kappa shape index (κ1) is 22.8. The highest BCUT2D eigenvalue weighted by Gasteiger charge is 2.23. The summed E-state index contributed by atoms with van der Waals surface area (Å²) in [5.41, 5.74) is 0.220. The Morgan fingerprint density at radius 1 is 0.656 bits per heavy atom. The van der Waals surface area contributed by atoms with Crippen LogP contribution in [-0.4, -0.2) is 16.8 Å². The SMILES string of the molecule is O=S(=O)(Nc1ccc(Cl)cc1NS(=O)(=O)c1cc2ccccc2o1)c1cc(Cl)cc(Cl)c1. The number of fused-ring (bicyclic) bond motifs is 1. The summed E-state index contributed by atoms with van der Waals surface area (Å²) in [4.78, 5) is -0.198. The van der Waals surface area contributed by atoms with Crippen molar-refractivity contribution >= 4 is 77.2 Å². The molecule has 7 nitrogen and oxygen atoms in total. The average molecular weight is 532 g/mol. The highest BCUT2D eigenvalue weighted by atomic mass is 35.5. The minimum Gasteiger partial charge on any atom is -0.443 e. The van der Waals surface area contributed by atoms with Gasteiger partial charge in [0.25, 0.3) is 20.0 Å². The van der Waals surface area contributed by atoms with Crippen LogP contribution in [0.5, 0.6) is 0 Å². The molecule has 3 aromatic carbocycles. The molecule has 0 amide bonds. The lowest BCUT2D eigenvalue weighted by atomic mass is 10.3. The van der Waals surface area contributed by atoms with Gasteiger partial charge in [-0.15, -0.1) is 0 Å². The molecule has 32 heavy (non-hydrogen) atoms. The Kier molecular flexibility index (Phi) is 6.04. The van der Waals surface area contributed by atoms with Gasteiger partial charge in [0.15, 0.2) is 0 Å². The maximum atomic E-state index is 12.9. The van der Waals surface area contributed by atoms with Gasteiger partial charge >= 0.3 is 0 Å². The van der Waals surface area contributed by atoms with Crippen molar-refractivity contribution in [2.75, 3.05) is 9.44 Å². The van der Waals surface area contributed by atoms with Crippen molar-refractivity contribution < 1.29 is 21.3 Å². The third-order valence-corrected chi connectivity index (χ3v) is 7.52. The Labute approximate surface area is 199 Å². The lowest BCUT2D eigenvalue weighted by Gasteiger charge is -2.14. The van der Waals surface area contributed by atoms with Crippen molar-refractivity contribution in [3.63, 3.8) is 0 Å². The van der Waals surface area contributed by atoms with Crippen LogP contribution in [0.15, 0.2) is 81.1 Å². The third-order valence-electron chi connectivity index (χ3n) is 4.28. The summed E-state index contributed by atoms with van der Waals surface area (Å²) in [5.74, 6) is 0. The predicted molar refractivity (Wildman–Crippen MR) is 126 cm³/mol. The summed E-state index contributed by atoms with van der Waals surface area (Å²) in [7, 11) is -8.36. The molecule has 12 heteroatoms. The van der Waals surface area contributed by atoms with E-state index in [0.29, 0.717) is 11.0 Å². The van der Waals surface area contributed by atoms with E-state index in [0.717, 1.165) is 0 Å². The van der Waals surface area contributed by atoms with Crippen LogP contribution in [0, 0.1) is 0 Å². The number of hydrogen-bond acceptors (Lipinski definition) is 5. The predicted octanol–water partition coefficient (Wildman–Crippen LogP) is 5.99. The van der Waals surface area contributed by atoms with Crippen molar-refractivity contribution in [3.05, 3.63) is 81.8 Å². The number of furan rings is 1. The van der Waals surface area contributed by atoms with E-state index >= 15 is 0 Å². The van der Waals surface area contributed by atoms with Gasteiger partial charge in [-0.05, 0) is 42.5 Å². The van der Waals surface area contributed by atoms with E-state index in [1.807, 2.05) is 0 Å². The second-order valence-electron chi connectivity index (χ2n) is 6.61. The van der Waals surface area contributed by atoms with Gasteiger partial charge in [-0.2, -0.15) is 8.42 Å². The maximum absolute atomic E-state index is 12.9. The number of rotatable bonds is 6. The second kappa shape index (κ2) is 8.49. The summed E-state index contributed by atoms with van der Waals surface area (Å²) in [6.45, 7) is 0. The minimum atomic E-state index is -4.20. The summed E-state index contributed by atoms with van der Waals surface area (Å²) in [6.07, 6.45) is 0. The highest BCUT2D eigenvalue weighted by molar-refractivity contribution is 7.93. The Morgan fingerprint density at radius 3 is 2.00 bits per heavy atom. The van der Waals surface area contributed by atoms with Gasteiger partial charge < -0.3 is 4.42 Å². The lowest BCUT2D eigenvalue weighted by molar-refractivity contribution is 0.484. The summed E-state index contributed by atoms with van der Waals surface area (Å²) in [5, 5.41) is 0.687. The molecular weight excluding hydrogens is 519 g/mol. The van der Waals surface area contributed by atoms with Crippen LogP contribution < -0.4 is 9.44 Å². The molecule has 166 valence electrons. The standard InChI is InChI=1S/C20H13Cl3N2O5S2/c21-13-5-6-17(24-31(26,27)16-9-14(22)8-15(23)10-16)18(11-13)25-32(28,29)20-7-12-3-1-2-4-19(12)30-20/h1-11,24-25H. The van der Waals surface area contributed by atoms with Crippen LogP contribution in [0.4, 0.5) is 11.4 Å². The monoisotopic (exact) mass is 530 g/mol. The molecule has 0 spiro atoms. The first-order chi connectivity index (χ1) is 15.0. The highest BCUT2D eigenvalue weighted by Crippen LogP contribution is 2.32. The number of benzene rings is 3. The van der Waals surface area contributed by atoms with Gasteiger partial charge in [-0.3, -0.25) is 9.44 Å². The topological polar surface area (TPSA) is 105 Å². The quantitative estimate of drug-likeness (QED) is 0.318. The molecule has 0 radical (unpaired) electrons. The molecule has 0 unspecified atom stereocenters. The van der Waals surface area contributed by atoms with Gasteiger partial charge in [0.2, 0.25) is 5.09 Å². The Bertz CT molecular complexity index is 1500. The number of hydrogen-bond donors (Lipinski definition) is 2. The fourth-order valence-corrected chi connectivity index (χ4v) is 5.88. The molecule has 0 bridgehead atoms. The number of sulfonamides is 2. The van der Waals surface area contributed by atoms with Crippen molar-refractivity contribution in [1.29, 1.82) is 0 Å². The fourth-order valence-electron chi connectivity index (χ4n) is 2.86. The Hall–Kier alpha value is -2.43. The zero-order chi connectivity index (χ0) is 23.1. The van der Waals surface area contributed by atoms with Crippen LogP contribution in [0.25, 0.3) is 11.0 Å². The van der Waals surface area contributed by atoms with E-state index in [1.54, 1.807) is 24.3 Å². The molecule has 0 saturated heterocycles. The smallest absolute Gasteiger partial charge is 0.295 e. The van der Waals surface area contributed by atoms with Crippen LogP contribution in [0.2, 0.25) is 15.1 Å². The van der Waals surface area contributed by atoms with Crippen LogP contribution in [0.1, 0.15) is 0 Å². The van der Waals surface area contributed by atoms with Crippen molar-refractivity contribution in [2.45, 2.75) is 9.99 Å². The molecule has 0 saturated carbocycles. The molecule has 0 aliphatic carbocycles. The van der Waals surface area contributed by atoms with E-state index in [1.165, 1.54) is 42.5 Å². The lowest BCUT2D eigenvalue weighted by Crippen LogP contribution is -2.17. The molecule has 1 heterocycles. The zero-order valence-corrected chi connectivity index (χ0v) is 19.7. The van der Waals surface area contributed by atoms with Crippen LogP contribution >= 0.6 is 34.8 Å². The second-order valence-corrected chi connectivity index (χ2v) is 11.2. The third kappa shape index (κ3) is 4.82. The fraction of sp³-hybridized carbons (Fsp3) is 0. The van der Waals surface area contributed by atoms with Gasteiger partial charge in [-0.1, -0.05) is 53.0 Å². The van der Waals surface area contributed by atoms with Crippen molar-refractivity contribution in [2.24, 2.45) is 0 Å². The summed E-state index contributed by atoms with van der Waals surface area (Å²) >= 11 is 17.8. The molecule has 0 aliphatic heterocycles. The van der Waals surface area contributed by atoms with Gasteiger partial charge in [0, 0.05) is 26.5 Å². The van der Waals surface area contributed by atoms with Crippen molar-refractivity contribution in [1.82, 2.24) is 0 Å². The molecule has 4 aromatic rings. The van der Waals surface area contributed by atoms with Crippen LogP contribution in [0.3, 0.4) is 0 Å². The maximum Gasteiger partial charge on any atom is 0.295 e. The summed E-state index contributed by atoms with van der Waals surface area (Å²) in [6, 6.07) is 16.0. The summed E-state index contributed by atoms with van der Waals surface area (Å²) < 4.78 is 61.5. The Morgan fingerprint density at radius 2 is 1.31 bits per heavy atom. The molecule has 0 atom stereocenters. The number of nitrogens with one attached hydrogen (secondary N) is 2. The van der Waals surface area contributed by atoms with Gasteiger partial charge in [-0.25, -0.2) is 8.42 Å². The van der Waals surface area contributed by atoms with Gasteiger partial charge in [0.1, 0.15) is 5.58 Å². The van der Waals surface area contributed by atoms with Crippen LogP contribution in [-0.2, 0) is 20.0 Å². The molecular formula is C20H13Cl3N2O5S2. The molecule has 0 fully saturated rings. The molecule has 0 aliphatic rings. The molecule has 2 N–H and O–H groups in total. The van der Waals surface area contributed by atoms with E-state index in [2.05, 4.69) is 9.44 Å². The minimum absolute atomic E-state index is 0.0646. The van der Waals surface area contributed by atoms with E-state index < -0.39 is 20.0 Å².